The molecule has 3 nitrogen and oxygen atoms in total. The second kappa shape index (κ2) is 9.13. The molecule has 0 atom stereocenters. The Bertz CT molecular complexity index is 380. The van der Waals surface area contributed by atoms with Gasteiger partial charge in [-0.15, -0.1) is 0 Å². The molecule has 1 aromatic heterocycles. The van der Waals surface area contributed by atoms with E-state index in [-0.39, 0.29) is 0 Å². The number of aromatic nitrogens is 2. The van der Waals surface area contributed by atoms with Gasteiger partial charge in [-0.1, -0.05) is 57.6 Å². The molecule has 0 spiro atoms. The van der Waals surface area contributed by atoms with Gasteiger partial charge in [-0.2, -0.15) is 0 Å². The summed E-state index contributed by atoms with van der Waals surface area (Å²) in [7, 11) is 0. The number of aryl methyl sites for hydroxylation is 1. The summed E-state index contributed by atoms with van der Waals surface area (Å²) < 4.78 is 0. The first-order valence-electron chi connectivity index (χ1n) is 7.45. The minimum atomic E-state index is 0.567. The lowest BCUT2D eigenvalue weighted by atomic mass is 10.1. The van der Waals surface area contributed by atoms with E-state index in [0.717, 1.165) is 30.2 Å². The molecule has 0 aliphatic rings. The molecule has 0 bridgehead atoms. The van der Waals surface area contributed by atoms with E-state index in [2.05, 4.69) is 22.2 Å². The van der Waals surface area contributed by atoms with E-state index in [1.54, 1.807) is 0 Å². The van der Waals surface area contributed by atoms with Gasteiger partial charge in [0.1, 0.15) is 16.8 Å². The number of nitrogens with one attached hydrogen (secondary N) is 1. The number of anilines is 1. The molecular formula is C15H26ClN3. The van der Waals surface area contributed by atoms with Gasteiger partial charge in [-0.25, -0.2) is 9.97 Å². The van der Waals surface area contributed by atoms with Crippen molar-refractivity contribution in [3.63, 3.8) is 0 Å². The van der Waals surface area contributed by atoms with Gasteiger partial charge in [0.25, 0.3) is 0 Å². The Hall–Kier alpha value is -0.830. The number of hydrogen-bond donors (Lipinski definition) is 1. The number of unbranched alkanes of at least 4 members (excludes halogenated alkanes) is 5. The van der Waals surface area contributed by atoms with E-state index in [9.17, 15) is 0 Å². The first kappa shape index (κ1) is 16.2. The molecule has 4 heteroatoms. The highest BCUT2D eigenvalue weighted by molar-refractivity contribution is 6.30. The highest BCUT2D eigenvalue weighted by atomic mass is 35.5. The van der Waals surface area contributed by atoms with Gasteiger partial charge in [-0.3, -0.25) is 0 Å². The zero-order valence-corrected chi connectivity index (χ0v) is 13.2. The van der Waals surface area contributed by atoms with Crippen molar-refractivity contribution in [2.75, 3.05) is 11.9 Å². The third-order valence-corrected chi connectivity index (χ3v) is 3.64. The van der Waals surface area contributed by atoms with E-state index in [1.807, 2.05) is 13.8 Å². The maximum atomic E-state index is 6.10. The molecule has 1 N–H and O–H groups in total. The maximum Gasteiger partial charge on any atom is 0.137 e. The molecule has 0 aromatic carbocycles. The Morgan fingerprint density at radius 2 is 1.68 bits per heavy atom. The number of nitrogens with zero attached hydrogens (tertiary/aromatic N) is 2. The van der Waals surface area contributed by atoms with Crippen LogP contribution in [0.5, 0.6) is 0 Å². The first-order chi connectivity index (χ1) is 9.19. The van der Waals surface area contributed by atoms with Crippen LogP contribution >= 0.6 is 11.6 Å². The zero-order valence-electron chi connectivity index (χ0n) is 12.4. The van der Waals surface area contributed by atoms with Gasteiger partial charge in [0.15, 0.2) is 0 Å². The van der Waals surface area contributed by atoms with Crippen molar-refractivity contribution < 1.29 is 0 Å². The van der Waals surface area contributed by atoms with Gasteiger partial charge in [-0.05, 0) is 13.3 Å². The fourth-order valence-electron chi connectivity index (χ4n) is 1.98. The fourth-order valence-corrected chi connectivity index (χ4v) is 2.16. The Balaban J connectivity index is 2.34. The molecule has 0 fully saturated rings. The Morgan fingerprint density at radius 3 is 2.37 bits per heavy atom. The molecular weight excluding hydrogens is 258 g/mol. The molecule has 0 radical (unpaired) electrons. The summed E-state index contributed by atoms with van der Waals surface area (Å²) in [6.45, 7) is 7.21. The van der Waals surface area contributed by atoms with Crippen LogP contribution in [0.3, 0.4) is 0 Å². The normalized spacial score (nSPS) is 10.7. The van der Waals surface area contributed by atoms with Crippen LogP contribution in [0.4, 0.5) is 5.82 Å². The third-order valence-electron chi connectivity index (χ3n) is 3.27. The minimum Gasteiger partial charge on any atom is -0.370 e. The van der Waals surface area contributed by atoms with Crippen molar-refractivity contribution in [1.29, 1.82) is 0 Å². The van der Waals surface area contributed by atoms with Crippen LogP contribution in [0.15, 0.2) is 0 Å². The Kier molecular flexibility index (Phi) is 7.80. The van der Waals surface area contributed by atoms with E-state index in [1.165, 1.54) is 38.5 Å². The van der Waals surface area contributed by atoms with Crippen molar-refractivity contribution in [2.45, 2.75) is 65.7 Å². The van der Waals surface area contributed by atoms with E-state index >= 15 is 0 Å². The Morgan fingerprint density at radius 1 is 1.00 bits per heavy atom. The molecule has 19 heavy (non-hydrogen) atoms. The second-order valence-electron chi connectivity index (χ2n) is 4.95. The van der Waals surface area contributed by atoms with Gasteiger partial charge < -0.3 is 5.32 Å². The molecule has 0 amide bonds. The van der Waals surface area contributed by atoms with Crippen LogP contribution < -0.4 is 5.32 Å². The Labute approximate surface area is 122 Å². The van der Waals surface area contributed by atoms with E-state index < -0.39 is 0 Å². The minimum absolute atomic E-state index is 0.567. The van der Waals surface area contributed by atoms with Gasteiger partial charge >= 0.3 is 0 Å². The molecule has 1 aromatic rings. The molecule has 1 rings (SSSR count). The van der Waals surface area contributed by atoms with Crippen LogP contribution in [-0.4, -0.2) is 16.5 Å². The van der Waals surface area contributed by atoms with Crippen molar-refractivity contribution in [1.82, 2.24) is 9.97 Å². The summed E-state index contributed by atoms with van der Waals surface area (Å²) in [5.74, 6) is 1.70. The average molecular weight is 284 g/mol. The molecule has 108 valence electrons. The highest BCUT2D eigenvalue weighted by Crippen LogP contribution is 2.20. The molecule has 0 saturated heterocycles. The van der Waals surface area contributed by atoms with Crippen molar-refractivity contribution in [3.05, 3.63) is 16.5 Å². The fraction of sp³-hybridized carbons (Fsp3) is 0.733. The number of hydrogen-bond acceptors (Lipinski definition) is 3. The zero-order chi connectivity index (χ0) is 14.1. The monoisotopic (exact) mass is 283 g/mol. The topological polar surface area (TPSA) is 37.8 Å². The predicted octanol–water partition coefficient (Wildman–Crippen LogP) is 4.77. The van der Waals surface area contributed by atoms with E-state index in [0.29, 0.717) is 5.15 Å². The number of halogens is 1. The lowest BCUT2D eigenvalue weighted by molar-refractivity contribution is 0.616. The average Bonchev–Trinajstić information content (AvgIpc) is 2.42. The smallest absolute Gasteiger partial charge is 0.137 e. The van der Waals surface area contributed by atoms with Crippen LogP contribution in [0.1, 0.15) is 63.8 Å². The second-order valence-corrected chi connectivity index (χ2v) is 5.31. The summed E-state index contributed by atoms with van der Waals surface area (Å²) >= 11 is 6.10. The van der Waals surface area contributed by atoms with E-state index in [4.69, 9.17) is 11.6 Å². The first-order valence-corrected chi connectivity index (χ1v) is 7.83. The third kappa shape index (κ3) is 5.77. The van der Waals surface area contributed by atoms with Crippen LogP contribution in [0, 0.1) is 6.92 Å². The standard InChI is InChI=1S/C15H26ClN3/c1-4-6-7-8-9-10-11-17-15-12(3)14(16)18-13(5-2)19-15/h4-11H2,1-3H3,(H,17,18,19). The van der Waals surface area contributed by atoms with Crippen molar-refractivity contribution in [3.8, 4) is 0 Å². The number of rotatable bonds is 9. The maximum absolute atomic E-state index is 6.10. The molecule has 1 heterocycles. The molecule has 0 aliphatic carbocycles. The van der Waals surface area contributed by atoms with Crippen LogP contribution in [0.25, 0.3) is 0 Å². The van der Waals surface area contributed by atoms with Gasteiger partial charge in [0.2, 0.25) is 0 Å². The molecule has 0 aliphatic heterocycles. The molecule has 0 unspecified atom stereocenters. The lowest BCUT2D eigenvalue weighted by Crippen LogP contribution is -2.08. The summed E-state index contributed by atoms with van der Waals surface area (Å²) in [5.41, 5.74) is 0.949. The lowest BCUT2D eigenvalue weighted by Gasteiger charge is -2.10. The van der Waals surface area contributed by atoms with Crippen molar-refractivity contribution in [2.24, 2.45) is 0 Å². The summed E-state index contributed by atoms with van der Waals surface area (Å²) in [4.78, 5) is 8.74. The SMILES string of the molecule is CCCCCCCCNc1nc(CC)nc(Cl)c1C. The van der Waals surface area contributed by atoms with Crippen LogP contribution in [-0.2, 0) is 6.42 Å². The summed E-state index contributed by atoms with van der Waals surface area (Å²) in [5, 5.41) is 3.95. The van der Waals surface area contributed by atoms with Crippen LogP contribution in [0.2, 0.25) is 5.15 Å². The summed E-state index contributed by atoms with van der Waals surface area (Å²) in [6.07, 6.45) is 8.63. The highest BCUT2D eigenvalue weighted by Gasteiger charge is 2.07. The largest absolute Gasteiger partial charge is 0.370 e. The molecule has 0 saturated carbocycles. The summed E-state index contributed by atoms with van der Waals surface area (Å²) in [6, 6.07) is 0. The van der Waals surface area contributed by atoms with Gasteiger partial charge in [0.05, 0.1) is 0 Å². The van der Waals surface area contributed by atoms with Crippen molar-refractivity contribution >= 4 is 17.4 Å². The predicted molar refractivity (Wildman–Crippen MR) is 83.0 cm³/mol. The van der Waals surface area contributed by atoms with Gasteiger partial charge in [0, 0.05) is 18.5 Å². The quantitative estimate of drug-likeness (QED) is 0.524.